The molecule has 2 aliphatic heterocycles. The predicted molar refractivity (Wildman–Crippen MR) is 105 cm³/mol. The third kappa shape index (κ3) is 4.44. The average molecular weight is 395 g/mol. The van der Waals surface area contributed by atoms with E-state index in [1.165, 1.54) is 18.2 Å². The zero-order valence-corrected chi connectivity index (χ0v) is 15.7. The third-order valence-electron chi connectivity index (χ3n) is 5.20. The summed E-state index contributed by atoms with van der Waals surface area (Å²) < 4.78 is 19.9. The Balaban J connectivity index is 1.36. The molecule has 2 aromatic carbocycles. The van der Waals surface area contributed by atoms with Crippen molar-refractivity contribution >= 4 is 11.6 Å². The van der Waals surface area contributed by atoms with Gasteiger partial charge in [-0.25, -0.2) is 15.2 Å². The number of carbonyl (C=O) groups is 1. The molecule has 150 valence electrons. The number of hydrazine groups is 1. The van der Waals surface area contributed by atoms with E-state index in [4.69, 9.17) is 10.00 Å². The van der Waals surface area contributed by atoms with Crippen LogP contribution in [0.3, 0.4) is 0 Å². The molecular weight excluding hydrogens is 373 g/mol. The van der Waals surface area contributed by atoms with E-state index < -0.39 is 17.9 Å². The monoisotopic (exact) mass is 395 g/mol. The van der Waals surface area contributed by atoms with E-state index in [0.29, 0.717) is 29.8 Å². The van der Waals surface area contributed by atoms with E-state index in [-0.39, 0.29) is 12.0 Å². The number of amides is 1. The van der Waals surface area contributed by atoms with Gasteiger partial charge in [-0.05, 0) is 42.3 Å². The predicted octanol–water partition coefficient (Wildman–Crippen LogP) is 1.90. The summed E-state index contributed by atoms with van der Waals surface area (Å²) in [5.74, 6) is -0.612. The minimum absolute atomic E-state index is 0.0222. The number of carbonyl (C=O) groups excluding carboxylic acids is 1. The first-order chi connectivity index (χ1) is 14.1. The van der Waals surface area contributed by atoms with Crippen LogP contribution in [0.1, 0.15) is 35.3 Å². The highest BCUT2D eigenvalue weighted by Crippen LogP contribution is 2.26. The number of anilines is 1. The fourth-order valence-corrected chi connectivity index (χ4v) is 3.60. The summed E-state index contributed by atoms with van der Waals surface area (Å²) in [7, 11) is 0. The number of ether oxygens (including phenoxy) is 1. The van der Waals surface area contributed by atoms with Gasteiger partial charge in [-0.15, -0.1) is 0 Å². The van der Waals surface area contributed by atoms with Crippen LogP contribution < -0.4 is 21.5 Å². The minimum atomic E-state index is -0.518. The fourth-order valence-electron chi connectivity index (χ4n) is 3.60. The topological polar surface area (TPSA) is 98.2 Å². The maximum absolute atomic E-state index is 14.1. The number of nitriles is 1. The molecule has 0 bridgehead atoms. The first-order valence-corrected chi connectivity index (χ1v) is 9.58. The molecule has 2 heterocycles. The Bertz CT molecular complexity index is 922. The van der Waals surface area contributed by atoms with Crippen molar-refractivity contribution in [1.29, 1.82) is 5.26 Å². The fraction of sp³-hybridized carbons (Fsp3) is 0.333. The van der Waals surface area contributed by atoms with Crippen LogP contribution in [-0.2, 0) is 9.53 Å². The summed E-state index contributed by atoms with van der Waals surface area (Å²) in [6.45, 7) is 2.32. The van der Waals surface area contributed by atoms with Crippen LogP contribution in [0.5, 0.6) is 0 Å². The molecule has 0 radical (unpaired) electrons. The Morgan fingerprint density at radius 3 is 2.76 bits per heavy atom. The zero-order valence-electron chi connectivity index (χ0n) is 15.7. The van der Waals surface area contributed by atoms with Gasteiger partial charge in [0.15, 0.2) is 0 Å². The van der Waals surface area contributed by atoms with Gasteiger partial charge in [0.2, 0.25) is 5.91 Å². The van der Waals surface area contributed by atoms with Crippen LogP contribution in [0.25, 0.3) is 0 Å². The SMILES string of the molecule is N#Cc1ccc(F)c(C2CC(C(=O)Nc3ccc([C@H]4CNCCO4)cc3)NN2)c1. The standard InChI is InChI=1S/C21H22FN5O2/c22-17-6-1-13(11-23)9-16(17)18-10-19(27-26-18)21(28)25-15-4-2-14(3-5-15)20-12-24-7-8-29-20/h1-6,9,18-20,24,26-27H,7-8,10,12H2,(H,25,28)/t18?,19?,20-/m1/s1. The Morgan fingerprint density at radius 1 is 1.21 bits per heavy atom. The molecule has 1 amide bonds. The molecule has 2 unspecified atom stereocenters. The summed E-state index contributed by atoms with van der Waals surface area (Å²) in [4.78, 5) is 12.6. The maximum Gasteiger partial charge on any atom is 0.242 e. The number of morpholine rings is 1. The lowest BCUT2D eigenvalue weighted by molar-refractivity contribution is -0.117. The Kier molecular flexibility index (Phi) is 5.83. The molecule has 3 atom stereocenters. The van der Waals surface area contributed by atoms with Gasteiger partial charge >= 0.3 is 0 Å². The van der Waals surface area contributed by atoms with Crippen LogP contribution in [-0.4, -0.2) is 31.6 Å². The third-order valence-corrected chi connectivity index (χ3v) is 5.20. The van der Waals surface area contributed by atoms with Gasteiger partial charge in [-0.3, -0.25) is 4.79 Å². The van der Waals surface area contributed by atoms with Crippen LogP contribution in [0.15, 0.2) is 42.5 Å². The summed E-state index contributed by atoms with van der Waals surface area (Å²) in [6.07, 6.45) is 0.395. The van der Waals surface area contributed by atoms with E-state index in [1.807, 2.05) is 30.3 Å². The molecule has 0 aromatic heterocycles. The number of rotatable bonds is 4. The summed E-state index contributed by atoms with van der Waals surface area (Å²) >= 11 is 0. The molecule has 0 aliphatic carbocycles. The zero-order chi connectivity index (χ0) is 20.2. The number of halogens is 1. The van der Waals surface area contributed by atoms with Gasteiger partial charge in [-0.1, -0.05) is 12.1 Å². The molecule has 8 heteroatoms. The second kappa shape index (κ2) is 8.68. The lowest BCUT2D eigenvalue weighted by Crippen LogP contribution is -2.39. The molecule has 2 aromatic rings. The van der Waals surface area contributed by atoms with Crippen LogP contribution in [0.4, 0.5) is 10.1 Å². The molecule has 0 spiro atoms. The van der Waals surface area contributed by atoms with Crippen LogP contribution in [0.2, 0.25) is 0 Å². The summed E-state index contributed by atoms with van der Waals surface area (Å²) in [5, 5.41) is 15.2. The normalized spacial score (nSPS) is 24.1. The van der Waals surface area contributed by atoms with E-state index in [9.17, 15) is 9.18 Å². The number of nitrogens with zero attached hydrogens (tertiary/aromatic N) is 1. The van der Waals surface area contributed by atoms with Crippen molar-refractivity contribution in [2.75, 3.05) is 25.0 Å². The van der Waals surface area contributed by atoms with E-state index in [1.54, 1.807) is 0 Å². The molecule has 4 rings (SSSR count). The average Bonchev–Trinajstić information content (AvgIpc) is 3.25. The van der Waals surface area contributed by atoms with Gasteiger partial charge in [0.1, 0.15) is 11.9 Å². The van der Waals surface area contributed by atoms with E-state index >= 15 is 0 Å². The van der Waals surface area contributed by atoms with Crippen LogP contribution in [0, 0.1) is 17.1 Å². The van der Waals surface area contributed by atoms with E-state index in [2.05, 4.69) is 21.5 Å². The smallest absolute Gasteiger partial charge is 0.242 e. The van der Waals surface area contributed by atoms with Crippen molar-refractivity contribution in [2.24, 2.45) is 0 Å². The first kappa shape index (κ1) is 19.5. The molecule has 4 N–H and O–H groups in total. The summed E-state index contributed by atoms with van der Waals surface area (Å²) in [6, 6.07) is 12.9. The molecule has 2 fully saturated rings. The number of nitrogens with one attached hydrogen (secondary N) is 4. The lowest BCUT2D eigenvalue weighted by Gasteiger charge is -2.24. The molecule has 2 saturated heterocycles. The molecule has 7 nitrogen and oxygen atoms in total. The summed E-state index contributed by atoms with van der Waals surface area (Å²) in [5.41, 5.74) is 8.36. The quantitative estimate of drug-likeness (QED) is 0.631. The van der Waals surface area contributed by atoms with Gasteiger partial charge in [0.25, 0.3) is 0 Å². The van der Waals surface area contributed by atoms with Gasteiger partial charge < -0.3 is 15.4 Å². The number of hydrogen-bond acceptors (Lipinski definition) is 6. The van der Waals surface area contributed by atoms with Crippen molar-refractivity contribution in [3.05, 3.63) is 65.0 Å². The second-order valence-corrected chi connectivity index (χ2v) is 7.15. The van der Waals surface area contributed by atoms with Crippen molar-refractivity contribution in [3.63, 3.8) is 0 Å². The Labute approximate surface area is 168 Å². The highest BCUT2D eigenvalue weighted by molar-refractivity contribution is 5.95. The largest absolute Gasteiger partial charge is 0.371 e. The van der Waals surface area contributed by atoms with Gasteiger partial charge in [0, 0.05) is 24.3 Å². The minimum Gasteiger partial charge on any atom is -0.371 e. The first-order valence-electron chi connectivity index (χ1n) is 9.58. The van der Waals surface area contributed by atoms with Crippen molar-refractivity contribution < 1.29 is 13.9 Å². The maximum atomic E-state index is 14.1. The lowest BCUT2D eigenvalue weighted by atomic mass is 9.99. The Morgan fingerprint density at radius 2 is 2.03 bits per heavy atom. The highest BCUT2D eigenvalue weighted by Gasteiger charge is 2.31. The van der Waals surface area contributed by atoms with Crippen LogP contribution >= 0.6 is 0 Å². The van der Waals surface area contributed by atoms with Gasteiger partial charge in [0.05, 0.1) is 30.4 Å². The van der Waals surface area contributed by atoms with E-state index in [0.717, 1.165) is 18.7 Å². The van der Waals surface area contributed by atoms with Crippen molar-refractivity contribution in [3.8, 4) is 6.07 Å². The molecular formula is C21H22FN5O2. The number of hydrogen-bond donors (Lipinski definition) is 4. The highest BCUT2D eigenvalue weighted by atomic mass is 19.1. The van der Waals surface area contributed by atoms with Crippen molar-refractivity contribution in [1.82, 2.24) is 16.2 Å². The number of benzene rings is 2. The van der Waals surface area contributed by atoms with Crippen molar-refractivity contribution in [2.45, 2.75) is 24.6 Å². The molecule has 29 heavy (non-hydrogen) atoms. The molecule has 2 aliphatic rings. The molecule has 0 saturated carbocycles. The Hall–Kier alpha value is -2.83. The van der Waals surface area contributed by atoms with Gasteiger partial charge in [-0.2, -0.15) is 5.26 Å². The second-order valence-electron chi connectivity index (χ2n) is 7.15.